The van der Waals surface area contributed by atoms with Gasteiger partial charge in [0.2, 0.25) is 22.0 Å². The van der Waals surface area contributed by atoms with Gasteiger partial charge in [-0.15, -0.1) is 43.9 Å². The lowest BCUT2D eigenvalue weighted by atomic mass is 10.2. The van der Waals surface area contributed by atoms with Crippen molar-refractivity contribution in [3.8, 4) is 0 Å². The maximum Gasteiger partial charge on any atom is 0.284 e. The molecule has 4 rings (SSSR count). The Kier molecular flexibility index (Phi) is 13.1. The van der Waals surface area contributed by atoms with E-state index in [9.17, 15) is 9.59 Å². The Hall–Kier alpha value is -2.62. The molecule has 0 amide bonds. The van der Waals surface area contributed by atoms with Crippen LogP contribution in [0.3, 0.4) is 0 Å². The topological polar surface area (TPSA) is 130 Å². The van der Waals surface area contributed by atoms with Gasteiger partial charge in [-0.05, 0) is 0 Å². The van der Waals surface area contributed by atoms with Gasteiger partial charge in [0.25, 0.3) is 10.4 Å². The predicted octanol–water partition coefficient (Wildman–Crippen LogP) is 5.52. The van der Waals surface area contributed by atoms with E-state index in [0.717, 1.165) is 35.0 Å². The van der Waals surface area contributed by atoms with Gasteiger partial charge in [0, 0.05) is 46.2 Å². The smallest absolute Gasteiger partial charge is 0.284 e. The van der Waals surface area contributed by atoms with Gasteiger partial charge in [-0.3, -0.25) is 9.59 Å². The highest BCUT2D eigenvalue weighted by Gasteiger charge is 2.15. The van der Waals surface area contributed by atoms with Gasteiger partial charge in [-0.1, -0.05) is 60.7 Å². The summed E-state index contributed by atoms with van der Waals surface area (Å²) in [6, 6.07) is 18.0. The van der Waals surface area contributed by atoms with Crippen molar-refractivity contribution in [3.63, 3.8) is 0 Å². The Labute approximate surface area is 248 Å². The number of carbonyl (C=O) groups excluding carboxylic acids is 2. The Morgan fingerprint density at radius 2 is 1.02 bits per heavy atom. The minimum atomic E-state index is -0.133. The third kappa shape index (κ3) is 10.7. The molecule has 0 saturated carbocycles. The summed E-state index contributed by atoms with van der Waals surface area (Å²) in [5.74, 6) is 3.59. The highest BCUT2D eigenvalue weighted by molar-refractivity contribution is 8.14. The van der Waals surface area contributed by atoms with Gasteiger partial charge >= 0.3 is 0 Å². The molecule has 0 aliphatic rings. The molecule has 40 heavy (non-hydrogen) atoms. The molecular formula is C26H26N4O6S4. The lowest BCUT2D eigenvalue weighted by Crippen LogP contribution is -2.08. The van der Waals surface area contributed by atoms with Crippen LogP contribution in [-0.2, 0) is 21.0 Å². The number of benzene rings is 2. The van der Waals surface area contributed by atoms with Crippen LogP contribution in [0.1, 0.15) is 32.5 Å². The predicted molar refractivity (Wildman–Crippen MR) is 156 cm³/mol. The molecule has 0 radical (unpaired) electrons. The average molecular weight is 619 g/mol. The lowest BCUT2D eigenvalue weighted by molar-refractivity contribution is 0.0605. The molecule has 2 heterocycles. The van der Waals surface area contributed by atoms with Crippen molar-refractivity contribution < 1.29 is 27.9 Å². The van der Waals surface area contributed by atoms with Crippen LogP contribution in [0.5, 0.6) is 0 Å². The summed E-state index contributed by atoms with van der Waals surface area (Å²) >= 11 is 5.08. The van der Waals surface area contributed by atoms with Gasteiger partial charge in [0.15, 0.2) is 0 Å². The van der Waals surface area contributed by atoms with Gasteiger partial charge in [0.1, 0.15) is 0 Å². The van der Waals surface area contributed by atoms with Crippen LogP contribution in [0.4, 0.5) is 0 Å². The fourth-order valence-electron chi connectivity index (χ4n) is 2.98. The Morgan fingerprint density at radius 1 is 0.600 bits per heavy atom. The number of hydrogen-bond donors (Lipinski definition) is 0. The molecule has 210 valence electrons. The van der Waals surface area contributed by atoms with E-state index in [2.05, 4.69) is 20.4 Å². The zero-order valence-corrected chi connectivity index (χ0v) is 24.6. The minimum absolute atomic E-state index is 0.133. The molecule has 2 aromatic carbocycles. The van der Waals surface area contributed by atoms with Crippen molar-refractivity contribution in [3.05, 3.63) is 83.6 Å². The monoisotopic (exact) mass is 618 g/mol. The second kappa shape index (κ2) is 17.3. The summed E-state index contributed by atoms with van der Waals surface area (Å²) in [6.07, 6.45) is 0. The van der Waals surface area contributed by atoms with E-state index in [1.54, 1.807) is 47.8 Å². The van der Waals surface area contributed by atoms with E-state index >= 15 is 0 Å². The van der Waals surface area contributed by atoms with E-state index < -0.39 is 0 Å². The van der Waals surface area contributed by atoms with Gasteiger partial charge in [-0.2, -0.15) is 0 Å². The standard InChI is InChI=1S/C26H26N4O6S4/c31-23(19-7-3-1-4-8-19)39-25-29-27-21(35-25)17-37-15-13-33-11-12-34-14-16-38-18-22-28-30-26(36-22)40-24(32)20-9-5-2-6-10-20/h1-10H,11-18H2. The third-order valence-corrected chi connectivity index (χ3v) is 8.18. The largest absolute Gasteiger partial charge is 0.415 e. The summed E-state index contributed by atoms with van der Waals surface area (Å²) in [5, 5.41) is 16.1. The van der Waals surface area contributed by atoms with Gasteiger partial charge in [-0.25, -0.2) is 0 Å². The number of ether oxygens (including phenoxy) is 2. The first-order valence-corrected chi connectivity index (χ1v) is 16.1. The lowest BCUT2D eigenvalue weighted by Gasteiger charge is -2.05. The van der Waals surface area contributed by atoms with Crippen molar-refractivity contribution in [1.29, 1.82) is 0 Å². The van der Waals surface area contributed by atoms with Crippen molar-refractivity contribution in [2.75, 3.05) is 37.9 Å². The van der Waals surface area contributed by atoms with Gasteiger partial charge < -0.3 is 18.3 Å². The first-order chi connectivity index (χ1) is 19.7. The van der Waals surface area contributed by atoms with Crippen LogP contribution in [-0.4, -0.2) is 68.6 Å². The van der Waals surface area contributed by atoms with Gasteiger partial charge in [0.05, 0.1) is 37.9 Å². The van der Waals surface area contributed by atoms with E-state index in [1.807, 2.05) is 36.4 Å². The molecular weight excluding hydrogens is 593 g/mol. The number of rotatable bonds is 17. The fourth-order valence-corrected chi connectivity index (χ4v) is 5.58. The Balaban J connectivity index is 0.962. The highest BCUT2D eigenvalue weighted by atomic mass is 32.2. The van der Waals surface area contributed by atoms with Crippen LogP contribution in [0.25, 0.3) is 0 Å². The van der Waals surface area contributed by atoms with E-state index in [1.165, 1.54) is 0 Å². The molecule has 0 spiro atoms. The molecule has 14 heteroatoms. The molecule has 0 aliphatic heterocycles. The molecule has 4 aromatic rings. The first kappa shape index (κ1) is 30.3. The summed E-state index contributed by atoms with van der Waals surface area (Å²) in [4.78, 5) is 24.4. The fraction of sp³-hybridized carbons (Fsp3) is 0.308. The summed E-state index contributed by atoms with van der Waals surface area (Å²) in [7, 11) is 0. The summed E-state index contributed by atoms with van der Waals surface area (Å²) < 4.78 is 22.3. The van der Waals surface area contributed by atoms with Crippen LogP contribution in [0.15, 0.2) is 79.9 Å². The SMILES string of the molecule is O=C(Sc1nnc(CSCCOCCOCCSCc2nnc(SC(=O)c3ccccc3)o2)o1)c1ccccc1. The van der Waals surface area contributed by atoms with Crippen molar-refractivity contribution in [2.45, 2.75) is 22.0 Å². The minimum Gasteiger partial charge on any atom is -0.415 e. The van der Waals surface area contributed by atoms with Crippen molar-refractivity contribution in [2.24, 2.45) is 0 Å². The first-order valence-electron chi connectivity index (χ1n) is 12.2. The normalized spacial score (nSPS) is 11.1. The Morgan fingerprint density at radius 3 is 1.45 bits per heavy atom. The summed E-state index contributed by atoms with van der Waals surface area (Å²) in [5.41, 5.74) is 1.18. The molecule has 0 atom stereocenters. The molecule has 0 fully saturated rings. The molecule has 0 aliphatic carbocycles. The van der Waals surface area contributed by atoms with Crippen molar-refractivity contribution >= 4 is 57.3 Å². The van der Waals surface area contributed by atoms with E-state index in [0.29, 0.717) is 60.8 Å². The van der Waals surface area contributed by atoms with E-state index in [4.69, 9.17) is 18.3 Å². The molecule has 0 unspecified atom stereocenters. The maximum absolute atomic E-state index is 12.2. The van der Waals surface area contributed by atoms with Crippen LogP contribution >= 0.6 is 47.0 Å². The summed E-state index contributed by atoms with van der Waals surface area (Å²) in [6.45, 7) is 2.17. The maximum atomic E-state index is 12.2. The highest BCUT2D eigenvalue weighted by Crippen LogP contribution is 2.24. The number of carbonyl (C=O) groups is 2. The number of thioether (sulfide) groups is 4. The Bertz CT molecular complexity index is 1220. The molecule has 2 aromatic heterocycles. The second-order valence-electron chi connectivity index (χ2n) is 7.76. The van der Waals surface area contributed by atoms with Crippen LogP contribution < -0.4 is 0 Å². The van der Waals surface area contributed by atoms with E-state index in [-0.39, 0.29) is 20.7 Å². The molecule has 0 saturated heterocycles. The number of aromatic nitrogens is 4. The van der Waals surface area contributed by atoms with Crippen molar-refractivity contribution in [1.82, 2.24) is 20.4 Å². The molecule has 0 N–H and O–H groups in total. The van der Waals surface area contributed by atoms with Crippen LogP contribution in [0, 0.1) is 0 Å². The third-order valence-electron chi connectivity index (χ3n) is 4.84. The van der Waals surface area contributed by atoms with Crippen LogP contribution in [0.2, 0.25) is 0 Å². The zero-order chi connectivity index (χ0) is 27.8. The number of nitrogens with zero attached hydrogens (tertiary/aromatic N) is 4. The average Bonchev–Trinajstić information content (AvgIpc) is 3.63. The molecule has 0 bridgehead atoms. The quantitative estimate of drug-likeness (QED) is 0.109. The zero-order valence-electron chi connectivity index (χ0n) is 21.3. The molecule has 10 nitrogen and oxygen atoms in total. The number of hydrogen-bond acceptors (Lipinski definition) is 14. The second-order valence-corrected chi connectivity index (χ2v) is 11.8.